The highest BCUT2D eigenvalue weighted by Crippen LogP contribution is 2.62. The van der Waals surface area contributed by atoms with Crippen molar-refractivity contribution in [2.45, 2.75) is 40.2 Å². The normalized spacial score (nSPS) is 19.4. The molecule has 1 aliphatic carbocycles. The summed E-state index contributed by atoms with van der Waals surface area (Å²) < 4.78 is 29.1. The van der Waals surface area contributed by atoms with Crippen LogP contribution in [-0.4, -0.2) is 30.0 Å². The van der Waals surface area contributed by atoms with Crippen LogP contribution in [0.3, 0.4) is 0 Å². The average molecular weight is 298 g/mol. The van der Waals surface area contributed by atoms with E-state index in [4.69, 9.17) is 4.74 Å². The Balaban J connectivity index is 2.02. The fourth-order valence-corrected chi connectivity index (χ4v) is 2.55. The number of carbonyl (C=O) groups excluding carboxylic acids is 1. The second-order valence-electron chi connectivity index (χ2n) is 6.43. The second kappa shape index (κ2) is 5.24. The van der Waals surface area contributed by atoms with Crippen LogP contribution in [0.25, 0.3) is 0 Å². The molecule has 0 unspecified atom stereocenters. The van der Waals surface area contributed by atoms with Gasteiger partial charge in [0.25, 0.3) is 12.3 Å². The first-order valence-corrected chi connectivity index (χ1v) is 6.84. The molecule has 1 N–H and O–H groups in total. The van der Waals surface area contributed by atoms with E-state index >= 15 is 0 Å². The third-order valence-electron chi connectivity index (χ3n) is 4.64. The lowest BCUT2D eigenvalue weighted by atomic mass is 10.0. The number of amides is 1. The Bertz CT molecular complexity index is 530. The van der Waals surface area contributed by atoms with Crippen LogP contribution in [0.15, 0.2) is 18.3 Å². The minimum absolute atomic E-state index is 0.0203. The van der Waals surface area contributed by atoms with Crippen molar-refractivity contribution in [3.8, 4) is 5.75 Å². The van der Waals surface area contributed by atoms with Crippen LogP contribution in [0.5, 0.6) is 5.75 Å². The number of carbonyl (C=O) groups is 1. The van der Waals surface area contributed by atoms with Gasteiger partial charge >= 0.3 is 0 Å². The third kappa shape index (κ3) is 2.99. The number of hydrogen-bond donors (Lipinski definition) is 1. The molecule has 0 atom stereocenters. The van der Waals surface area contributed by atoms with Crippen molar-refractivity contribution >= 4 is 5.91 Å². The lowest BCUT2D eigenvalue weighted by Crippen LogP contribution is -2.30. The maximum atomic E-state index is 12.2. The van der Waals surface area contributed by atoms with Crippen molar-refractivity contribution in [2.24, 2.45) is 10.8 Å². The van der Waals surface area contributed by atoms with Gasteiger partial charge in [0.05, 0.1) is 0 Å². The number of pyridine rings is 1. The molecule has 1 amide bonds. The molecule has 6 heteroatoms. The van der Waals surface area contributed by atoms with Gasteiger partial charge < -0.3 is 10.1 Å². The highest BCUT2D eigenvalue weighted by molar-refractivity contribution is 5.93. The summed E-state index contributed by atoms with van der Waals surface area (Å²) in [6.07, 6.45) is -1.18. The summed E-state index contributed by atoms with van der Waals surface area (Å²) in [5, 5.41) is 2.94. The molecular weight excluding hydrogens is 278 g/mol. The number of ether oxygens (including phenoxy) is 1. The van der Waals surface area contributed by atoms with E-state index in [1.165, 1.54) is 18.3 Å². The largest absolute Gasteiger partial charge is 0.488 e. The van der Waals surface area contributed by atoms with Gasteiger partial charge in [0.2, 0.25) is 0 Å². The maximum Gasteiger partial charge on any atom is 0.272 e. The van der Waals surface area contributed by atoms with Gasteiger partial charge in [-0.25, -0.2) is 8.78 Å². The summed E-state index contributed by atoms with van der Waals surface area (Å²) in [5.41, 5.74) is 0.207. The van der Waals surface area contributed by atoms with Gasteiger partial charge in [0.1, 0.15) is 18.1 Å². The van der Waals surface area contributed by atoms with Gasteiger partial charge in [-0.1, -0.05) is 27.7 Å². The molecule has 1 aromatic rings. The molecule has 116 valence electrons. The third-order valence-corrected chi connectivity index (χ3v) is 4.64. The molecule has 4 nitrogen and oxygen atoms in total. The number of halogens is 2. The summed E-state index contributed by atoms with van der Waals surface area (Å²) >= 11 is 0. The van der Waals surface area contributed by atoms with Crippen molar-refractivity contribution in [1.29, 1.82) is 0 Å². The summed E-state index contributed by atoms with van der Waals surface area (Å²) in [7, 11) is 0. The van der Waals surface area contributed by atoms with Crippen LogP contribution in [0.1, 0.15) is 38.2 Å². The van der Waals surface area contributed by atoms with Crippen LogP contribution >= 0.6 is 0 Å². The zero-order chi connectivity index (χ0) is 15.8. The Hall–Kier alpha value is -1.72. The molecule has 0 bridgehead atoms. The Kier molecular flexibility index (Phi) is 3.91. The van der Waals surface area contributed by atoms with Crippen molar-refractivity contribution < 1.29 is 18.3 Å². The standard InChI is InChI=1S/C15H20F2N2O2/c1-14(2)13(15(14,3)4)19-12(20)10-7-9(5-6-18-10)21-8-11(16)17/h5-7,11,13H,8H2,1-4H3,(H,19,20). The zero-order valence-electron chi connectivity index (χ0n) is 12.6. The summed E-state index contributed by atoms with van der Waals surface area (Å²) in [4.78, 5) is 16.1. The molecule has 1 aromatic heterocycles. The molecule has 1 fully saturated rings. The highest BCUT2D eigenvalue weighted by Gasteiger charge is 2.65. The van der Waals surface area contributed by atoms with Crippen molar-refractivity contribution in [3.05, 3.63) is 24.0 Å². The first-order chi connectivity index (χ1) is 9.66. The number of nitrogens with zero attached hydrogens (tertiary/aromatic N) is 1. The highest BCUT2D eigenvalue weighted by atomic mass is 19.3. The number of rotatable bonds is 5. The van der Waals surface area contributed by atoms with Gasteiger partial charge in [-0.3, -0.25) is 9.78 Å². The summed E-state index contributed by atoms with van der Waals surface area (Å²) in [6, 6.07) is 2.88. The SMILES string of the molecule is CC1(C)C(NC(=O)c2cc(OCC(F)F)ccn2)C1(C)C. The van der Waals surface area contributed by atoms with Gasteiger partial charge in [-0.15, -0.1) is 0 Å². The van der Waals surface area contributed by atoms with E-state index in [-0.39, 0.29) is 34.2 Å². The molecule has 0 saturated heterocycles. The van der Waals surface area contributed by atoms with E-state index in [2.05, 4.69) is 38.0 Å². The lowest BCUT2D eigenvalue weighted by Gasteiger charge is -2.08. The Morgan fingerprint density at radius 2 is 2.00 bits per heavy atom. The van der Waals surface area contributed by atoms with Crippen LogP contribution in [0, 0.1) is 10.8 Å². The predicted molar refractivity (Wildman–Crippen MR) is 74.6 cm³/mol. The molecule has 1 saturated carbocycles. The number of aromatic nitrogens is 1. The van der Waals surface area contributed by atoms with Gasteiger partial charge in [-0.2, -0.15) is 0 Å². The van der Waals surface area contributed by atoms with Crippen LogP contribution < -0.4 is 10.1 Å². The molecule has 1 heterocycles. The topological polar surface area (TPSA) is 51.2 Å². The van der Waals surface area contributed by atoms with Crippen LogP contribution in [-0.2, 0) is 0 Å². The molecule has 0 radical (unpaired) electrons. The minimum atomic E-state index is -2.55. The fourth-order valence-electron chi connectivity index (χ4n) is 2.55. The zero-order valence-corrected chi connectivity index (χ0v) is 12.6. The Labute approximate surface area is 122 Å². The van der Waals surface area contributed by atoms with Crippen molar-refractivity contribution in [1.82, 2.24) is 10.3 Å². The summed E-state index contributed by atoms with van der Waals surface area (Å²) in [6.45, 7) is 7.66. The van der Waals surface area contributed by atoms with Gasteiger partial charge in [0, 0.05) is 18.3 Å². The van der Waals surface area contributed by atoms with Crippen LogP contribution in [0.2, 0.25) is 0 Å². The fraction of sp³-hybridized carbons (Fsp3) is 0.600. The van der Waals surface area contributed by atoms with E-state index in [1.54, 1.807) is 0 Å². The predicted octanol–water partition coefficient (Wildman–Crippen LogP) is 2.89. The van der Waals surface area contributed by atoms with Crippen molar-refractivity contribution in [2.75, 3.05) is 6.61 Å². The van der Waals surface area contributed by atoms with E-state index in [0.717, 1.165) is 0 Å². The quantitative estimate of drug-likeness (QED) is 0.909. The maximum absolute atomic E-state index is 12.2. The second-order valence-corrected chi connectivity index (χ2v) is 6.43. The molecule has 1 aliphatic rings. The first-order valence-electron chi connectivity index (χ1n) is 6.84. The van der Waals surface area contributed by atoms with Gasteiger partial charge in [-0.05, 0) is 16.9 Å². The van der Waals surface area contributed by atoms with E-state index < -0.39 is 13.0 Å². The number of nitrogens with one attached hydrogen (secondary N) is 1. The monoisotopic (exact) mass is 298 g/mol. The molecule has 21 heavy (non-hydrogen) atoms. The Morgan fingerprint density at radius 3 is 2.52 bits per heavy atom. The first kappa shape index (κ1) is 15.7. The summed E-state index contributed by atoms with van der Waals surface area (Å²) in [5.74, 6) is -0.106. The molecule has 0 spiro atoms. The average Bonchev–Trinajstić information content (AvgIpc) is 2.79. The smallest absolute Gasteiger partial charge is 0.272 e. The number of alkyl halides is 2. The van der Waals surface area contributed by atoms with E-state index in [9.17, 15) is 13.6 Å². The van der Waals surface area contributed by atoms with E-state index in [1.807, 2.05) is 0 Å². The Morgan fingerprint density at radius 1 is 1.38 bits per heavy atom. The molecular formula is C15H20F2N2O2. The van der Waals surface area contributed by atoms with Crippen molar-refractivity contribution in [3.63, 3.8) is 0 Å². The van der Waals surface area contributed by atoms with E-state index in [0.29, 0.717) is 0 Å². The number of hydrogen-bond acceptors (Lipinski definition) is 3. The lowest BCUT2D eigenvalue weighted by molar-refractivity contribution is 0.0817. The molecule has 0 aromatic carbocycles. The van der Waals surface area contributed by atoms with Gasteiger partial charge in [0.15, 0.2) is 0 Å². The molecule has 0 aliphatic heterocycles. The molecule has 2 rings (SSSR count). The van der Waals surface area contributed by atoms with Crippen LogP contribution in [0.4, 0.5) is 8.78 Å². The minimum Gasteiger partial charge on any atom is -0.488 e.